The predicted molar refractivity (Wildman–Crippen MR) is 203 cm³/mol. The van der Waals surface area contributed by atoms with Crippen LogP contribution in [-0.2, 0) is 36.9 Å². The van der Waals surface area contributed by atoms with Gasteiger partial charge in [-0.05, 0) is 132 Å². The molecule has 0 aliphatic carbocycles. The SMILES string of the molecule is C=C(C=C(Cc1ccc(C)cc1O)C(=O)CCc1ccc(C)cc1O)Cc1cc(Cc2ccc(C)cc2O)c(O)c(Cc2ccc(C)cc2O)c1. The molecule has 0 fully saturated rings. The molecule has 0 amide bonds. The molecule has 0 bridgehead atoms. The van der Waals surface area contributed by atoms with Gasteiger partial charge in [0.25, 0.3) is 0 Å². The maximum absolute atomic E-state index is 13.8. The second-order valence-corrected chi connectivity index (χ2v) is 13.7. The van der Waals surface area contributed by atoms with E-state index < -0.39 is 0 Å². The van der Waals surface area contributed by atoms with Crippen LogP contribution in [0.2, 0.25) is 0 Å². The molecule has 5 aromatic carbocycles. The van der Waals surface area contributed by atoms with E-state index in [9.17, 15) is 30.3 Å². The quantitative estimate of drug-likeness (QED) is 0.0625. The van der Waals surface area contributed by atoms with Gasteiger partial charge >= 0.3 is 0 Å². The van der Waals surface area contributed by atoms with E-state index in [4.69, 9.17) is 0 Å². The number of aryl methyl sites for hydroxylation is 5. The van der Waals surface area contributed by atoms with E-state index in [1.165, 1.54) is 0 Å². The monoisotopic (exact) mass is 682 g/mol. The zero-order valence-corrected chi connectivity index (χ0v) is 29.8. The summed E-state index contributed by atoms with van der Waals surface area (Å²) >= 11 is 0. The fourth-order valence-electron chi connectivity index (χ4n) is 6.37. The first-order valence-electron chi connectivity index (χ1n) is 17.1. The van der Waals surface area contributed by atoms with Crippen molar-refractivity contribution in [1.82, 2.24) is 0 Å². The Balaban J connectivity index is 1.48. The first kappa shape index (κ1) is 36.5. The molecule has 0 atom stereocenters. The number of aromatic hydroxyl groups is 5. The molecule has 51 heavy (non-hydrogen) atoms. The summed E-state index contributed by atoms with van der Waals surface area (Å²) in [6, 6.07) is 25.5. The van der Waals surface area contributed by atoms with E-state index in [0.29, 0.717) is 57.4 Å². The Morgan fingerprint density at radius 3 is 1.39 bits per heavy atom. The van der Waals surface area contributed by atoms with Gasteiger partial charge in [-0.3, -0.25) is 4.79 Å². The molecule has 5 N–H and O–H groups in total. The summed E-state index contributed by atoms with van der Waals surface area (Å²) in [6.07, 6.45) is 3.42. The molecule has 0 aliphatic rings. The molecule has 6 nitrogen and oxygen atoms in total. The molecular weight excluding hydrogens is 636 g/mol. The van der Waals surface area contributed by atoms with Crippen LogP contribution in [0.25, 0.3) is 0 Å². The summed E-state index contributed by atoms with van der Waals surface area (Å²) in [5.41, 5.74) is 9.54. The van der Waals surface area contributed by atoms with Gasteiger partial charge < -0.3 is 25.5 Å². The number of hydrogen-bond donors (Lipinski definition) is 5. The van der Waals surface area contributed by atoms with Crippen LogP contribution in [0.4, 0.5) is 0 Å². The van der Waals surface area contributed by atoms with E-state index in [2.05, 4.69) is 6.58 Å². The maximum atomic E-state index is 13.8. The largest absolute Gasteiger partial charge is 0.508 e. The maximum Gasteiger partial charge on any atom is 0.159 e. The molecule has 0 unspecified atom stereocenters. The van der Waals surface area contributed by atoms with Gasteiger partial charge in [0.15, 0.2) is 5.78 Å². The van der Waals surface area contributed by atoms with Crippen molar-refractivity contribution < 1.29 is 30.3 Å². The molecule has 0 heterocycles. The molecule has 6 heteroatoms. The number of hydrogen-bond acceptors (Lipinski definition) is 6. The minimum Gasteiger partial charge on any atom is -0.508 e. The summed E-state index contributed by atoms with van der Waals surface area (Å²) in [6.45, 7) is 11.9. The second kappa shape index (κ2) is 15.9. The minimum absolute atomic E-state index is 0.0879. The van der Waals surface area contributed by atoms with Crippen molar-refractivity contribution in [2.24, 2.45) is 0 Å². The number of benzene rings is 5. The number of ketones is 1. The molecule has 0 spiro atoms. The summed E-state index contributed by atoms with van der Waals surface area (Å²) < 4.78 is 0. The van der Waals surface area contributed by atoms with Crippen molar-refractivity contribution in [3.63, 3.8) is 0 Å². The third kappa shape index (κ3) is 9.49. The van der Waals surface area contributed by atoms with Gasteiger partial charge in [0, 0.05) is 25.7 Å². The molecule has 5 rings (SSSR count). The lowest BCUT2D eigenvalue weighted by atomic mass is 9.90. The number of rotatable bonds is 13. The average Bonchev–Trinajstić information content (AvgIpc) is 3.06. The molecule has 0 saturated heterocycles. The number of phenols is 5. The molecule has 0 aromatic heterocycles. The van der Waals surface area contributed by atoms with Gasteiger partial charge in [-0.2, -0.15) is 0 Å². The average molecular weight is 683 g/mol. The Kier molecular flexibility index (Phi) is 11.4. The summed E-state index contributed by atoms with van der Waals surface area (Å²) in [4.78, 5) is 13.8. The van der Waals surface area contributed by atoms with Crippen molar-refractivity contribution in [2.45, 2.75) is 66.2 Å². The Bertz CT molecular complexity index is 2060. The molecule has 0 radical (unpaired) electrons. The first-order chi connectivity index (χ1) is 24.2. The normalized spacial score (nSPS) is 11.5. The topological polar surface area (TPSA) is 118 Å². The van der Waals surface area contributed by atoms with Gasteiger partial charge in [-0.15, -0.1) is 0 Å². The Morgan fingerprint density at radius 1 is 0.549 bits per heavy atom. The van der Waals surface area contributed by atoms with Crippen LogP contribution in [-0.4, -0.2) is 31.3 Å². The van der Waals surface area contributed by atoms with Crippen LogP contribution in [0.3, 0.4) is 0 Å². The van der Waals surface area contributed by atoms with Gasteiger partial charge in [-0.25, -0.2) is 0 Å². The van der Waals surface area contributed by atoms with Crippen LogP contribution < -0.4 is 0 Å². The van der Waals surface area contributed by atoms with Gasteiger partial charge in [0.05, 0.1) is 0 Å². The highest BCUT2D eigenvalue weighted by Crippen LogP contribution is 2.34. The van der Waals surface area contributed by atoms with Crippen molar-refractivity contribution in [3.8, 4) is 28.7 Å². The van der Waals surface area contributed by atoms with Crippen molar-refractivity contribution in [3.05, 3.63) is 170 Å². The van der Waals surface area contributed by atoms with E-state index in [1.807, 2.05) is 88.4 Å². The minimum atomic E-state index is -0.118. The number of Topliss-reactive ketones (excluding diaryl/α,β-unsaturated/α-hetero) is 1. The fourth-order valence-corrected chi connectivity index (χ4v) is 6.37. The molecule has 0 aliphatic heterocycles. The highest BCUT2D eigenvalue weighted by atomic mass is 16.3. The summed E-state index contributed by atoms with van der Waals surface area (Å²) in [7, 11) is 0. The molecule has 262 valence electrons. The molecule has 5 aromatic rings. The van der Waals surface area contributed by atoms with E-state index in [0.717, 1.165) is 27.8 Å². The zero-order chi connectivity index (χ0) is 36.8. The number of carbonyl (C=O) groups is 1. The van der Waals surface area contributed by atoms with Crippen LogP contribution in [0.15, 0.2) is 109 Å². The molecule has 0 saturated carbocycles. The Morgan fingerprint density at radius 2 is 0.961 bits per heavy atom. The van der Waals surface area contributed by atoms with Crippen LogP contribution >= 0.6 is 0 Å². The highest BCUT2D eigenvalue weighted by molar-refractivity contribution is 5.96. The van der Waals surface area contributed by atoms with Crippen molar-refractivity contribution in [1.29, 1.82) is 0 Å². The zero-order valence-electron chi connectivity index (χ0n) is 29.8. The van der Waals surface area contributed by atoms with E-state index in [-0.39, 0.29) is 60.2 Å². The standard InChI is InChI=1S/C45H46O6/c1-27-6-10-33(41(47)18-27)14-15-40(46)37(24-34-11-7-28(2)19-42(34)48)17-31(5)16-32-22-38(25-35-12-8-29(3)20-43(35)49)45(51)39(23-32)26-36-13-9-30(4)21-44(36)50/h6-13,17-23,47-51H,5,14-16,24-26H2,1-4H3. The van der Waals surface area contributed by atoms with Crippen LogP contribution in [0.5, 0.6) is 28.7 Å². The van der Waals surface area contributed by atoms with Gasteiger partial charge in [0.2, 0.25) is 0 Å². The van der Waals surface area contributed by atoms with Crippen molar-refractivity contribution >= 4 is 5.78 Å². The lowest BCUT2D eigenvalue weighted by Crippen LogP contribution is -2.08. The van der Waals surface area contributed by atoms with Crippen LogP contribution in [0, 0.1) is 27.7 Å². The number of allylic oxidation sites excluding steroid dienone is 3. The predicted octanol–water partition coefficient (Wildman–Crippen LogP) is 9.10. The van der Waals surface area contributed by atoms with E-state index in [1.54, 1.807) is 30.3 Å². The second-order valence-electron chi connectivity index (χ2n) is 13.7. The lowest BCUT2D eigenvalue weighted by Gasteiger charge is -2.16. The number of carbonyl (C=O) groups excluding carboxylic acids is 1. The third-order valence-corrected chi connectivity index (χ3v) is 9.22. The summed E-state index contributed by atoms with van der Waals surface area (Å²) in [5.74, 6) is 0.531. The molecular formula is C45H46O6. The van der Waals surface area contributed by atoms with E-state index >= 15 is 0 Å². The fraction of sp³-hybridized carbons (Fsp3) is 0.222. The van der Waals surface area contributed by atoms with Gasteiger partial charge in [0.1, 0.15) is 28.7 Å². The Labute approximate surface area is 300 Å². The smallest absolute Gasteiger partial charge is 0.159 e. The Hall–Kier alpha value is -5.75. The summed E-state index contributed by atoms with van der Waals surface area (Å²) in [5, 5.41) is 54.0. The highest BCUT2D eigenvalue weighted by Gasteiger charge is 2.18. The lowest BCUT2D eigenvalue weighted by molar-refractivity contribution is -0.115. The third-order valence-electron chi connectivity index (χ3n) is 9.22. The van der Waals surface area contributed by atoms with Crippen LogP contribution in [0.1, 0.15) is 67.6 Å². The first-order valence-corrected chi connectivity index (χ1v) is 17.1. The van der Waals surface area contributed by atoms with Crippen molar-refractivity contribution in [2.75, 3.05) is 0 Å². The van der Waals surface area contributed by atoms with Gasteiger partial charge in [-0.1, -0.05) is 78.9 Å². The number of phenolic OH excluding ortho intramolecular Hbond substituents is 5.